The highest BCUT2D eigenvalue weighted by Crippen LogP contribution is 2.10. The van der Waals surface area contributed by atoms with Crippen molar-refractivity contribution in [1.82, 2.24) is 20.2 Å². The molecule has 0 radical (unpaired) electrons. The van der Waals surface area contributed by atoms with Crippen molar-refractivity contribution in [3.63, 3.8) is 0 Å². The molecule has 0 fully saturated rings. The Morgan fingerprint density at radius 3 is 2.55 bits per heavy atom. The van der Waals surface area contributed by atoms with Crippen molar-refractivity contribution in [2.24, 2.45) is 0 Å². The number of tetrazole rings is 1. The molecule has 11 heavy (non-hydrogen) atoms. The Labute approximate surface area is 65.9 Å². The molecule has 1 rings (SSSR count). The Bertz CT molecular complexity index is 261. The third-order valence-electron chi connectivity index (χ3n) is 1.36. The minimum Gasteiger partial charge on any atom is -0.223 e. The summed E-state index contributed by atoms with van der Waals surface area (Å²) < 4.78 is 1.75. The second-order valence-corrected chi connectivity index (χ2v) is 2.82. The van der Waals surface area contributed by atoms with Crippen LogP contribution in [0.15, 0.2) is 6.58 Å². The number of nitrogens with zero attached hydrogens (tertiary/aromatic N) is 4. The maximum atomic E-state index is 3.84. The fourth-order valence-corrected chi connectivity index (χ4v) is 0.822. The first-order valence-corrected chi connectivity index (χ1v) is 3.56. The van der Waals surface area contributed by atoms with Crippen molar-refractivity contribution >= 4 is 5.57 Å². The Morgan fingerprint density at radius 2 is 2.18 bits per heavy atom. The summed E-state index contributed by atoms with van der Waals surface area (Å²) in [6.07, 6.45) is 0. The first-order valence-electron chi connectivity index (χ1n) is 3.56. The van der Waals surface area contributed by atoms with Crippen LogP contribution in [0.5, 0.6) is 0 Å². The van der Waals surface area contributed by atoms with Crippen LogP contribution in [0.3, 0.4) is 0 Å². The number of hydrogen-bond acceptors (Lipinski definition) is 3. The molecule has 60 valence electrons. The summed E-state index contributed by atoms with van der Waals surface area (Å²) in [5.41, 5.74) is 0.892. The molecule has 0 saturated heterocycles. The molecular formula is C7H12N4. The monoisotopic (exact) mass is 152 g/mol. The number of allylic oxidation sites excluding steroid dienone is 1. The summed E-state index contributed by atoms with van der Waals surface area (Å²) in [5.74, 6) is 0.764. The Kier molecular flexibility index (Phi) is 2.03. The van der Waals surface area contributed by atoms with Gasteiger partial charge < -0.3 is 0 Å². The molecule has 0 aliphatic rings. The average molecular weight is 152 g/mol. The van der Waals surface area contributed by atoms with Crippen molar-refractivity contribution in [2.75, 3.05) is 0 Å². The fraction of sp³-hybridized carbons (Fsp3) is 0.571. The number of aromatic nitrogens is 4. The van der Waals surface area contributed by atoms with Gasteiger partial charge >= 0.3 is 0 Å². The van der Waals surface area contributed by atoms with E-state index in [9.17, 15) is 0 Å². The normalized spacial score (nSPS) is 10.5. The lowest BCUT2D eigenvalue weighted by molar-refractivity contribution is 0.509. The molecule has 4 heteroatoms. The molecule has 4 nitrogen and oxygen atoms in total. The highest BCUT2D eigenvalue weighted by molar-refractivity contribution is 5.53. The van der Waals surface area contributed by atoms with Gasteiger partial charge in [0.15, 0.2) is 5.82 Å². The van der Waals surface area contributed by atoms with Crippen LogP contribution < -0.4 is 0 Å². The first kappa shape index (κ1) is 7.91. The smallest absolute Gasteiger partial charge is 0.177 e. The van der Waals surface area contributed by atoms with Gasteiger partial charge in [0, 0.05) is 0 Å². The van der Waals surface area contributed by atoms with Gasteiger partial charge in [-0.05, 0) is 36.8 Å². The Hall–Kier alpha value is -1.19. The second-order valence-electron chi connectivity index (χ2n) is 2.82. The molecule has 0 saturated carbocycles. The third kappa shape index (κ3) is 1.45. The van der Waals surface area contributed by atoms with E-state index in [4.69, 9.17) is 0 Å². The molecule has 0 aromatic carbocycles. The van der Waals surface area contributed by atoms with Gasteiger partial charge in [-0.2, -0.15) is 0 Å². The van der Waals surface area contributed by atoms with Crippen LogP contribution in [0.25, 0.3) is 5.57 Å². The number of hydrogen-bond donors (Lipinski definition) is 0. The lowest BCUT2D eigenvalue weighted by Gasteiger charge is -2.05. The molecule has 0 aliphatic heterocycles. The zero-order valence-corrected chi connectivity index (χ0v) is 7.07. The maximum absolute atomic E-state index is 3.84. The number of rotatable bonds is 2. The van der Waals surface area contributed by atoms with Crippen LogP contribution in [0.2, 0.25) is 0 Å². The molecule has 0 aliphatic carbocycles. The largest absolute Gasteiger partial charge is 0.223 e. The van der Waals surface area contributed by atoms with E-state index in [1.165, 1.54) is 0 Å². The maximum Gasteiger partial charge on any atom is 0.177 e. The zero-order valence-electron chi connectivity index (χ0n) is 7.07. The van der Waals surface area contributed by atoms with Gasteiger partial charge in [0.2, 0.25) is 0 Å². The summed E-state index contributed by atoms with van der Waals surface area (Å²) in [5, 5.41) is 11.2. The van der Waals surface area contributed by atoms with Crippen molar-refractivity contribution in [2.45, 2.75) is 26.8 Å². The minimum atomic E-state index is 0.289. The van der Waals surface area contributed by atoms with Gasteiger partial charge in [-0.25, -0.2) is 4.68 Å². The predicted molar refractivity (Wildman–Crippen MR) is 42.9 cm³/mol. The molecular weight excluding hydrogens is 140 g/mol. The lowest BCUT2D eigenvalue weighted by atomic mass is 10.3. The highest BCUT2D eigenvalue weighted by atomic mass is 15.5. The molecule has 0 atom stereocenters. The Morgan fingerprint density at radius 1 is 1.55 bits per heavy atom. The third-order valence-corrected chi connectivity index (χ3v) is 1.36. The molecule has 1 aromatic rings. The van der Waals surface area contributed by atoms with Crippen LogP contribution in [0.1, 0.15) is 32.6 Å². The SMILES string of the molecule is C=C(C)c1nnnn1C(C)C. The van der Waals surface area contributed by atoms with E-state index in [2.05, 4.69) is 22.1 Å². The van der Waals surface area contributed by atoms with E-state index in [0.29, 0.717) is 0 Å². The van der Waals surface area contributed by atoms with Crippen LogP contribution in [-0.4, -0.2) is 20.2 Å². The van der Waals surface area contributed by atoms with E-state index in [1.807, 2.05) is 20.8 Å². The molecule has 0 bridgehead atoms. The molecule has 0 N–H and O–H groups in total. The van der Waals surface area contributed by atoms with E-state index >= 15 is 0 Å². The summed E-state index contributed by atoms with van der Waals surface area (Å²) in [7, 11) is 0. The summed E-state index contributed by atoms with van der Waals surface area (Å²) in [4.78, 5) is 0. The molecule has 0 amide bonds. The van der Waals surface area contributed by atoms with Crippen molar-refractivity contribution in [3.05, 3.63) is 12.4 Å². The van der Waals surface area contributed by atoms with E-state index in [-0.39, 0.29) is 6.04 Å². The predicted octanol–water partition coefficient (Wildman–Crippen LogP) is 1.29. The van der Waals surface area contributed by atoms with Crippen molar-refractivity contribution in [3.8, 4) is 0 Å². The molecule has 1 heterocycles. The van der Waals surface area contributed by atoms with Gasteiger partial charge in [0.05, 0.1) is 6.04 Å². The molecule has 0 unspecified atom stereocenters. The summed E-state index contributed by atoms with van der Waals surface area (Å²) in [6.45, 7) is 9.73. The summed E-state index contributed by atoms with van der Waals surface area (Å²) in [6, 6.07) is 0.289. The minimum absolute atomic E-state index is 0.289. The van der Waals surface area contributed by atoms with Crippen LogP contribution in [0, 0.1) is 0 Å². The van der Waals surface area contributed by atoms with Gasteiger partial charge in [-0.1, -0.05) is 6.58 Å². The van der Waals surface area contributed by atoms with Crippen molar-refractivity contribution < 1.29 is 0 Å². The van der Waals surface area contributed by atoms with Crippen LogP contribution in [-0.2, 0) is 0 Å². The second kappa shape index (κ2) is 2.82. The summed E-state index contributed by atoms with van der Waals surface area (Å²) >= 11 is 0. The van der Waals surface area contributed by atoms with Gasteiger partial charge in [-0.15, -0.1) is 5.10 Å². The van der Waals surface area contributed by atoms with Crippen LogP contribution in [0.4, 0.5) is 0 Å². The highest BCUT2D eigenvalue weighted by Gasteiger charge is 2.08. The topological polar surface area (TPSA) is 43.6 Å². The quantitative estimate of drug-likeness (QED) is 0.641. The lowest BCUT2D eigenvalue weighted by Crippen LogP contribution is -2.06. The van der Waals surface area contributed by atoms with Gasteiger partial charge in [-0.3, -0.25) is 0 Å². The van der Waals surface area contributed by atoms with Crippen molar-refractivity contribution in [1.29, 1.82) is 0 Å². The fourth-order valence-electron chi connectivity index (χ4n) is 0.822. The molecule has 1 aromatic heterocycles. The van der Waals surface area contributed by atoms with E-state index in [0.717, 1.165) is 11.4 Å². The first-order chi connectivity index (χ1) is 5.13. The van der Waals surface area contributed by atoms with E-state index < -0.39 is 0 Å². The van der Waals surface area contributed by atoms with E-state index in [1.54, 1.807) is 4.68 Å². The zero-order chi connectivity index (χ0) is 8.43. The Balaban J connectivity index is 3.06. The molecule has 0 spiro atoms. The average Bonchev–Trinajstić information content (AvgIpc) is 2.32. The van der Waals surface area contributed by atoms with Gasteiger partial charge in [0.1, 0.15) is 0 Å². The standard InChI is InChI=1S/C7H12N4/c1-5(2)7-8-9-10-11(7)6(3)4/h6H,1H2,2-4H3. The van der Waals surface area contributed by atoms with Crippen LogP contribution >= 0.6 is 0 Å². The van der Waals surface area contributed by atoms with Gasteiger partial charge in [0.25, 0.3) is 0 Å².